The molecule has 2 saturated heterocycles. The van der Waals surface area contributed by atoms with Crippen molar-refractivity contribution in [1.29, 1.82) is 0 Å². The Morgan fingerprint density at radius 1 is 1.12 bits per heavy atom. The summed E-state index contributed by atoms with van der Waals surface area (Å²) in [5.74, 6) is 0.901. The number of aliphatic hydroxyl groups excluding tert-OH is 1. The van der Waals surface area contributed by atoms with Gasteiger partial charge in [-0.2, -0.15) is 0 Å². The molecule has 0 aromatic carbocycles. The molecule has 0 bridgehead atoms. The zero-order valence-electron chi connectivity index (χ0n) is 10.7. The van der Waals surface area contributed by atoms with Gasteiger partial charge in [0.2, 0.25) is 0 Å². The number of quaternary nitrogens is 1. The van der Waals surface area contributed by atoms with Crippen LogP contribution in [0.4, 0.5) is 0 Å². The number of ether oxygens (including phenoxy) is 2. The van der Waals surface area contributed by atoms with E-state index in [1.807, 2.05) is 0 Å². The standard InChI is InChI=1S/C12H23NO3/c1-8(2)10-13-11(9(3)4)16-7-12(13,5-14)6-15-10/h8-11,14H,5-7H2,1-4H3/p+1/t10-,11+,12?. The van der Waals surface area contributed by atoms with Gasteiger partial charge >= 0.3 is 0 Å². The van der Waals surface area contributed by atoms with Crippen LogP contribution < -0.4 is 4.90 Å². The maximum atomic E-state index is 9.65. The third-order valence-electron chi connectivity index (χ3n) is 3.82. The Balaban J connectivity index is 2.25. The highest BCUT2D eigenvalue weighted by Gasteiger charge is 2.61. The summed E-state index contributed by atoms with van der Waals surface area (Å²) in [5, 5.41) is 9.65. The second-order valence-corrected chi connectivity index (χ2v) is 5.85. The first kappa shape index (κ1) is 12.3. The van der Waals surface area contributed by atoms with E-state index in [0.717, 1.165) is 0 Å². The van der Waals surface area contributed by atoms with Gasteiger partial charge in [-0.1, -0.05) is 27.7 Å². The molecule has 2 aliphatic heterocycles. The van der Waals surface area contributed by atoms with Crippen molar-refractivity contribution >= 4 is 0 Å². The van der Waals surface area contributed by atoms with Gasteiger partial charge in [-0.05, 0) is 0 Å². The Labute approximate surface area is 97.5 Å². The van der Waals surface area contributed by atoms with Crippen LogP contribution in [0.3, 0.4) is 0 Å². The summed E-state index contributed by atoms with van der Waals surface area (Å²) in [6.07, 6.45) is 0.309. The van der Waals surface area contributed by atoms with Crippen molar-refractivity contribution in [3.05, 3.63) is 0 Å². The first-order valence-corrected chi connectivity index (χ1v) is 6.23. The van der Waals surface area contributed by atoms with Crippen molar-refractivity contribution in [3.63, 3.8) is 0 Å². The van der Waals surface area contributed by atoms with Crippen molar-refractivity contribution in [3.8, 4) is 0 Å². The third kappa shape index (κ3) is 1.68. The molecule has 0 amide bonds. The van der Waals surface area contributed by atoms with Gasteiger partial charge in [-0.3, -0.25) is 4.90 Å². The highest BCUT2D eigenvalue weighted by Crippen LogP contribution is 2.23. The molecule has 0 saturated carbocycles. The number of hydrogen-bond acceptors (Lipinski definition) is 3. The lowest BCUT2D eigenvalue weighted by Crippen LogP contribution is -3.24. The largest absolute Gasteiger partial charge is 0.390 e. The van der Waals surface area contributed by atoms with Gasteiger partial charge in [0.1, 0.15) is 19.8 Å². The third-order valence-corrected chi connectivity index (χ3v) is 3.82. The molecule has 2 aliphatic rings. The van der Waals surface area contributed by atoms with E-state index >= 15 is 0 Å². The number of aliphatic hydroxyl groups is 1. The number of hydrogen-bond donors (Lipinski definition) is 2. The molecule has 2 heterocycles. The zero-order valence-corrected chi connectivity index (χ0v) is 10.7. The predicted molar refractivity (Wildman–Crippen MR) is 59.9 cm³/mol. The van der Waals surface area contributed by atoms with Crippen LogP contribution in [0.5, 0.6) is 0 Å². The lowest BCUT2D eigenvalue weighted by Gasteiger charge is -2.32. The Bertz CT molecular complexity index is 235. The molecule has 94 valence electrons. The SMILES string of the molecule is CC(C)[C@H]1OCC2(CO)CO[C@@H](C(C)C)[NH+]12. The van der Waals surface area contributed by atoms with Crippen LogP contribution in [0.2, 0.25) is 0 Å². The van der Waals surface area contributed by atoms with Gasteiger partial charge in [0.15, 0.2) is 18.0 Å². The van der Waals surface area contributed by atoms with Crippen molar-refractivity contribution in [2.75, 3.05) is 19.8 Å². The van der Waals surface area contributed by atoms with Crippen molar-refractivity contribution in [1.82, 2.24) is 0 Å². The van der Waals surface area contributed by atoms with E-state index in [9.17, 15) is 5.11 Å². The van der Waals surface area contributed by atoms with Gasteiger partial charge in [0.05, 0.1) is 0 Å². The minimum atomic E-state index is -0.218. The molecule has 4 atom stereocenters. The fraction of sp³-hybridized carbons (Fsp3) is 1.00. The van der Waals surface area contributed by atoms with Crippen molar-refractivity contribution in [2.45, 2.75) is 45.7 Å². The average molecular weight is 230 g/mol. The minimum absolute atomic E-state index is 0.148. The molecule has 4 nitrogen and oxygen atoms in total. The van der Waals surface area contributed by atoms with E-state index in [0.29, 0.717) is 25.0 Å². The fourth-order valence-electron chi connectivity index (χ4n) is 2.94. The molecule has 2 unspecified atom stereocenters. The molecule has 0 aliphatic carbocycles. The van der Waals surface area contributed by atoms with E-state index in [4.69, 9.17) is 9.47 Å². The number of fused-ring (bicyclic) bond motifs is 1. The number of nitrogens with one attached hydrogen (secondary N) is 1. The monoisotopic (exact) mass is 230 g/mol. The molecule has 0 spiro atoms. The Hall–Kier alpha value is -0.160. The van der Waals surface area contributed by atoms with Crippen LogP contribution in [-0.2, 0) is 9.47 Å². The zero-order chi connectivity index (χ0) is 11.9. The van der Waals surface area contributed by atoms with Crippen molar-refractivity contribution in [2.24, 2.45) is 11.8 Å². The topological polar surface area (TPSA) is 43.1 Å². The quantitative estimate of drug-likeness (QED) is 0.695. The molecule has 2 rings (SSSR count). The molecule has 0 radical (unpaired) electrons. The normalized spacial score (nSPS) is 43.3. The summed E-state index contributed by atoms with van der Waals surface area (Å²) < 4.78 is 11.8. The average Bonchev–Trinajstić information content (AvgIpc) is 2.72. The summed E-state index contributed by atoms with van der Waals surface area (Å²) in [5.41, 5.74) is -0.218. The molecule has 16 heavy (non-hydrogen) atoms. The minimum Gasteiger partial charge on any atom is -0.390 e. The first-order valence-electron chi connectivity index (χ1n) is 6.23. The maximum absolute atomic E-state index is 9.65. The smallest absolute Gasteiger partial charge is 0.196 e. The van der Waals surface area contributed by atoms with E-state index in [-0.39, 0.29) is 24.6 Å². The molecule has 0 aromatic rings. The predicted octanol–water partition coefficient (Wildman–Crippen LogP) is -0.373. The van der Waals surface area contributed by atoms with Crippen molar-refractivity contribution < 1.29 is 19.5 Å². The van der Waals surface area contributed by atoms with E-state index in [2.05, 4.69) is 27.7 Å². The van der Waals surface area contributed by atoms with E-state index in [1.165, 1.54) is 4.90 Å². The Morgan fingerprint density at radius 3 is 1.88 bits per heavy atom. The van der Waals surface area contributed by atoms with Crippen LogP contribution in [0.1, 0.15) is 27.7 Å². The van der Waals surface area contributed by atoms with Crippen LogP contribution in [0.15, 0.2) is 0 Å². The van der Waals surface area contributed by atoms with Gasteiger partial charge in [-0.25, -0.2) is 0 Å². The molecular formula is C12H24NO3+. The van der Waals surface area contributed by atoms with Crippen LogP contribution in [0.25, 0.3) is 0 Å². The van der Waals surface area contributed by atoms with Gasteiger partial charge in [0.25, 0.3) is 0 Å². The van der Waals surface area contributed by atoms with Crippen LogP contribution >= 0.6 is 0 Å². The highest BCUT2D eigenvalue weighted by molar-refractivity contribution is 4.87. The van der Waals surface area contributed by atoms with Crippen LogP contribution in [-0.4, -0.2) is 42.9 Å². The first-order chi connectivity index (χ1) is 7.52. The maximum Gasteiger partial charge on any atom is 0.196 e. The molecule has 4 heteroatoms. The lowest BCUT2D eigenvalue weighted by molar-refractivity contribution is -0.995. The molecule has 2 N–H and O–H groups in total. The van der Waals surface area contributed by atoms with E-state index in [1.54, 1.807) is 0 Å². The van der Waals surface area contributed by atoms with E-state index < -0.39 is 0 Å². The summed E-state index contributed by atoms with van der Waals surface area (Å²) in [7, 11) is 0. The van der Waals surface area contributed by atoms with Gasteiger partial charge < -0.3 is 14.6 Å². The highest BCUT2D eigenvalue weighted by atomic mass is 16.6. The number of rotatable bonds is 3. The summed E-state index contributed by atoms with van der Waals surface area (Å²) in [6.45, 7) is 10.0. The summed E-state index contributed by atoms with van der Waals surface area (Å²) in [4.78, 5) is 1.31. The summed E-state index contributed by atoms with van der Waals surface area (Å²) in [6, 6.07) is 0. The Kier molecular flexibility index (Phi) is 3.27. The molecule has 0 aromatic heterocycles. The lowest BCUT2D eigenvalue weighted by atomic mass is 10.00. The molecular weight excluding hydrogens is 206 g/mol. The second kappa shape index (κ2) is 4.26. The second-order valence-electron chi connectivity index (χ2n) is 5.85. The molecule has 2 fully saturated rings. The fourth-order valence-corrected chi connectivity index (χ4v) is 2.94. The van der Waals surface area contributed by atoms with Crippen LogP contribution in [0, 0.1) is 11.8 Å². The van der Waals surface area contributed by atoms with Gasteiger partial charge in [0, 0.05) is 11.8 Å². The summed E-state index contributed by atoms with van der Waals surface area (Å²) >= 11 is 0. The Morgan fingerprint density at radius 2 is 1.56 bits per heavy atom. The van der Waals surface area contributed by atoms with Gasteiger partial charge in [-0.15, -0.1) is 0 Å².